The minimum atomic E-state index is -4.78. The summed E-state index contributed by atoms with van der Waals surface area (Å²) in [6.07, 6.45) is -2.98. The molecule has 6 nitrogen and oxygen atoms in total. The fourth-order valence-electron chi connectivity index (χ4n) is 4.03. The van der Waals surface area contributed by atoms with Gasteiger partial charge in [-0.3, -0.25) is 4.79 Å². The summed E-state index contributed by atoms with van der Waals surface area (Å²) in [4.78, 5) is 18.6. The molecule has 1 aromatic heterocycles. The number of halogens is 5. The Hall–Kier alpha value is -2.76. The zero-order chi connectivity index (χ0) is 25.6. The van der Waals surface area contributed by atoms with E-state index in [1.54, 1.807) is 0 Å². The largest absolute Gasteiger partial charge is 0.418 e. The van der Waals surface area contributed by atoms with E-state index in [-0.39, 0.29) is 40.6 Å². The summed E-state index contributed by atoms with van der Waals surface area (Å²) < 4.78 is 89.1. The van der Waals surface area contributed by atoms with Crippen LogP contribution in [0.15, 0.2) is 35.4 Å². The summed E-state index contributed by atoms with van der Waals surface area (Å²) in [7, 11) is -3.10. The number of benzene rings is 1. The molecule has 1 fully saturated rings. The second-order valence-electron chi connectivity index (χ2n) is 8.70. The maximum Gasteiger partial charge on any atom is 0.418 e. The van der Waals surface area contributed by atoms with Gasteiger partial charge in [0.15, 0.2) is 0 Å². The zero-order valence-corrected chi connectivity index (χ0v) is 19.8. The first-order chi connectivity index (χ1) is 15.5. The molecule has 1 saturated heterocycles. The molecule has 12 heteroatoms. The van der Waals surface area contributed by atoms with Crippen LogP contribution in [-0.4, -0.2) is 40.4 Å². The van der Waals surface area contributed by atoms with Gasteiger partial charge in [0, 0.05) is 48.0 Å². The van der Waals surface area contributed by atoms with E-state index in [0.717, 1.165) is 6.92 Å². The first-order valence-electron chi connectivity index (χ1n) is 10.4. The molecule has 0 radical (unpaired) electrons. The number of rotatable bonds is 4. The van der Waals surface area contributed by atoms with Crippen LogP contribution in [0.25, 0.3) is 0 Å². The van der Waals surface area contributed by atoms with Gasteiger partial charge in [-0.15, -0.1) is 0 Å². The quantitative estimate of drug-likeness (QED) is 0.544. The molecule has 34 heavy (non-hydrogen) atoms. The maximum atomic E-state index is 14.3. The van der Waals surface area contributed by atoms with Crippen LogP contribution >= 0.6 is 0 Å². The average molecular weight is 505 g/mol. The number of carbonyl (C=O) groups is 1. The third kappa shape index (κ3) is 5.01. The molecule has 2 heterocycles. The normalized spacial score (nSPS) is 22.2. The number of nitrogens with one attached hydrogen (secondary N) is 2. The summed E-state index contributed by atoms with van der Waals surface area (Å²) in [5.41, 5.74) is -1.75. The van der Waals surface area contributed by atoms with Crippen LogP contribution in [-0.2, 0) is 15.9 Å². The monoisotopic (exact) mass is 504 g/mol. The van der Waals surface area contributed by atoms with E-state index in [2.05, 4.69) is 10.3 Å². The summed E-state index contributed by atoms with van der Waals surface area (Å²) >= 11 is 0. The number of hydrogen-bond donors (Lipinski definition) is 2. The lowest BCUT2D eigenvalue weighted by Crippen LogP contribution is -2.52. The van der Waals surface area contributed by atoms with Crippen LogP contribution < -0.4 is 10.2 Å². The van der Waals surface area contributed by atoms with Crippen molar-refractivity contribution in [3.63, 3.8) is 0 Å². The Kier molecular flexibility index (Phi) is 6.68. The molecule has 2 N–H and O–H groups in total. The minimum Gasteiger partial charge on any atom is -0.355 e. The van der Waals surface area contributed by atoms with Crippen LogP contribution in [0.5, 0.6) is 0 Å². The molecule has 1 unspecified atom stereocenters. The fourth-order valence-corrected chi connectivity index (χ4v) is 4.72. The Balaban J connectivity index is 2.08. The molecule has 0 spiro atoms. The second kappa shape index (κ2) is 8.79. The third-order valence-electron chi connectivity index (χ3n) is 5.99. The number of pyridine rings is 1. The zero-order valence-electron chi connectivity index (χ0n) is 19.0. The molecule has 1 aromatic carbocycles. The highest BCUT2D eigenvalue weighted by atomic mass is 32.2. The first kappa shape index (κ1) is 25.9. The second-order valence-corrected chi connectivity index (χ2v) is 10.9. The highest BCUT2D eigenvalue weighted by Crippen LogP contribution is 2.41. The molecule has 0 aliphatic carbocycles. The van der Waals surface area contributed by atoms with Gasteiger partial charge in [0.05, 0.1) is 20.9 Å². The number of amides is 1. The number of piperidine rings is 1. The van der Waals surface area contributed by atoms with Gasteiger partial charge in [0.1, 0.15) is 5.82 Å². The lowest BCUT2D eigenvalue weighted by molar-refractivity contribution is -0.138. The number of aromatic nitrogens is 1. The van der Waals surface area contributed by atoms with E-state index in [0.29, 0.717) is 6.20 Å². The van der Waals surface area contributed by atoms with Gasteiger partial charge in [-0.25, -0.2) is 22.8 Å². The van der Waals surface area contributed by atoms with Crippen molar-refractivity contribution in [3.8, 4) is 0 Å². The lowest BCUT2D eigenvalue weighted by atomic mass is 9.86. The van der Waals surface area contributed by atoms with Crippen molar-refractivity contribution >= 4 is 27.1 Å². The molecule has 1 aliphatic rings. The average Bonchev–Trinajstić information content (AvgIpc) is 2.70. The summed E-state index contributed by atoms with van der Waals surface area (Å²) in [5, 5.41) is 2.48. The Morgan fingerprint density at radius 1 is 1.24 bits per heavy atom. The van der Waals surface area contributed by atoms with Crippen molar-refractivity contribution in [2.45, 2.75) is 37.8 Å². The highest BCUT2D eigenvalue weighted by molar-refractivity contribution is 7.91. The van der Waals surface area contributed by atoms with Gasteiger partial charge in [0.2, 0.25) is 0 Å². The topological polar surface area (TPSA) is 86.2 Å². The SMILES string of the molecule is Cc1c(C(F)(F)F)cnc(N2C[C@H](C)C(F)(F)[C@@H](C)C2)c1C(=O)Nc1cccc(S(C)(=N)=O)c1. The van der Waals surface area contributed by atoms with Crippen molar-refractivity contribution < 1.29 is 31.0 Å². The lowest BCUT2D eigenvalue weighted by Gasteiger charge is -2.42. The Morgan fingerprint density at radius 3 is 2.35 bits per heavy atom. The van der Waals surface area contributed by atoms with Crippen molar-refractivity contribution in [1.82, 2.24) is 4.98 Å². The van der Waals surface area contributed by atoms with Crippen LogP contribution in [0.2, 0.25) is 0 Å². The predicted molar refractivity (Wildman–Crippen MR) is 119 cm³/mol. The van der Waals surface area contributed by atoms with E-state index < -0.39 is 45.1 Å². The maximum absolute atomic E-state index is 14.3. The van der Waals surface area contributed by atoms with Crippen molar-refractivity contribution in [1.29, 1.82) is 4.78 Å². The van der Waals surface area contributed by atoms with Crippen molar-refractivity contribution in [2.24, 2.45) is 11.8 Å². The Bertz CT molecular complexity index is 1200. The number of nitrogens with zero attached hydrogens (tertiary/aromatic N) is 2. The number of hydrogen-bond acceptors (Lipinski definition) is 5. The van der Waals surface area contributed by atoms with Gasteiger partial charge < -0.3 is 10.2 Å². The third-order valence-corrected chi connectivity index (χ3v) is 7.15. The van der Waals surface area contributed by atoms with E-state index >= 15 is 0 Å². The summed E-state index contributed by atoms with van der Waals surface area (Å²) in [6.45, 7) is 3.43. The molecule has 1 amide bonds. The predicted octanol–water partition coefficient (Wildman–Crippen LogP) is 5.42. The van der Waals surface area contributed by atoms with Crippen molar-refractivity contribution in [3.05, 3.63) is 47.2 Å². The van der Waals surface area contributed by atoms with E-state index in [1.165, 1.54) is 49.3 Å². The summed E-state index contributed by atoms with van der Waals surface area (Å²) in [6, 6.07) is 5.63. The molecule has 3 atom stereocenters. The molecule has 2 aromatic rings. The molecule has 186 valence electrons. The number of anilines is 2. The molecule has 0 saturated carbocycles. The molecule has 0 bridgehead atoms. The Labute approximate surface area is 194 Å². The van der Waals surface area contributed by atoms with E-state index in [1.807, 2.05) is 0 Å². The van der Waals surface area contributed by atoms with Gasteiger partial charge in [-0.2, -0.15) is 13.2 Å². The van der Waals surface area contributed by atoms with Crippen LogP contribution in [0.4, 0.5) is 33.5 Å². The highest BCUT2D eigenvalue weighted by Gasteiger charge is 2.48. The van der Waals surface area contributed by atoms with Crippen LogP contribution in [0, 0.1) is 23.5 Å². The molecule has 1 aliphatic heterocycles. The smallest absolute Gasteiger partial charge is 0.355 e. The molecular formula is C22H25F5N4O2S. The number of alkyl halides is 5. The van der Waals surface area contributed by atoms with Crippen LogP contribution in [0.1, 0.15) is 35.3 Å². The Morgan fingerprint density at radius 2 is 1.82 bits per heavy atom. The van der Waals surface area contributed by atoms with Gasteiger partial charge in [-0.05, 0) is 30.7 Å². The standard InChI is InChI=1S/C22H25F5N4O2S/c1-12-10-31(11-13(2)21(12,23)24)19-18(14(3)17(9-29-19)22(25,26)27)20(32)30-15-6-5-7-16(8-15)34(4,28)33/h5-9,12-13,28H,10-11H2,1-4H3,(H,30,32)/t12-,13-,34?/m0/s1. The van der Waals surface area contributed by atoms with E-state index in [9.17, 15) is 31.0 Å². The molecule has 3 rings (SSSR count). The fraction of sp³-hybridized carbons (Fsp3) is 0.455. The first-order valence-corrected chi connectivity index (χ1v) is 12.3. The van der Waals surface area contributed by atoms with Gasteiger partial charge >= 0.3 is 6.18 Å². The van der Waals surface area contributed by atoms with E-state index in [4.69, 9.17) is 4.78 Å². The minimum absolute atomic E-state index is 0.117. The molecular weight excluding hydrogens is 479 g/mol. The van der Waals surface area contributed by atoms with Crippen molar-refractivity contribution in [2.75, 3.05) is 29.6 Å². The van der Waals surface area contributed by atoms with Gasteiger partial charge in [-0.1, -0.05) is 19.9 Å². The van der Waals surface area contributed by atoms with Crippen LogP contribution in [0.3, 0.4) is 0 Å². The van der Waals surface area contributed by atoms with Gasteiger partial charge in [0.25, 0.3) is 11.8 Å². The number of carbonyl (C=O) groups excluding carboxylic acids is 1. The summed E-state index contributed by atoms with van der Waals surface area (Å²) in [5.74, 6) is -6.23.